The molecule has 0 bridgehead atoms. The van der Waals surface area contributed by atoms with Gasteiger partial charge in [-0.25, -0.2) is 0 Å². The van der Waals surface area contributed by atoms with Gasteiger partial charge in [-0.3, -0.25) is 0 Å². The number of hydrogen-bond donors (Lipinski definition) is 0. The summed E-state index contributed by atoms with van der Waals surface area (Å²) in [7, 11) is 0. The third kappa shape index (κ3) is 2.57. The van der Waals surface area contributed by atoms with E-state index in [-0.39, 0.29) is 0 Å². The fraction of sp³-hybridized carbons (Fsp3) is 0.455. The summed E-state index contributed by atoms with van der Waals surface area (Å²) >= 11 is 0. The molecule has 1 heteroatoms. The van der Waals surface area contributed by atoms with Crippen LogP contribution >= 0.6 is 0 Å². The van der Waals surface area contributed by atoms with Gasteiger partial charge in [-0.2, -0.15) is 0 Å². The quantitative estimate of drug-likeness (QED) is 0.663. The van der Waals surface area contributed by atoms with Crippen molar-refractivity contribution in [3.63, 3.8) is 0 Å². The van der Waals surface area contributed by atoms with Crippen molar-refractivity contribution in [1.29, 1.82) is 0 Å². The van der Waals surface area contributed by atoms with Gasteiger partial charge in [-0.1, -0.05) is 20.4 Å². The van der Waals surface area contributed by atoms with Gasteiger partial charge in [0.15, 0.2) is 0 Å². The van der Waals surface area contributed by atoms with Crippen molar-refractivity contribution >= 4 is 6.08 Å². The second kappa shape index (κ2) is 4.15. The van der Waals surface area contributed by atoms with Crippen molar-refractivity contribution < 1.29 is 4.42 Å². The summed E-state index contributed by atoms with van der Waals surface area (Å²) in [5, 5.41) is 0. The van der Waals surface area contributed by atoms with Gasteiger partial charge in [0.05, 0.1) is 0 Å². The Morgan fingerprint density at radius 1 is 1.50 bits per heavy atom. The molecule has 0 spiro atoms. The Hall–Kier alpha value is -0.980. The van der Waals surface area contributed by atoms with Gasteiger partial charge < -0.3 is 4.42 Å². The zero-order chi connectivity index (χ0) is 8.97. The van der Waals surface area contributed by atoms with E-state index >= 15 is 0 Å². The normalized spacial score (nSPS) is 10.6. The van der Waals surface area contributed by atoms with E-state index < -0.39 is 0 Å². The van der Waals surface area contributed by atoms with Gasteiger partial charge in [0, 0.05) is 6.42 Å². The Morgan fingerprint density at radius 3 is 2.75 bits per heavy atom. The maximum atomic E-state index is 5.47. The van der Waals surface area contributed by atoms with E-state index in [0.717, 1.165) is 23.9 Å². The second-order valence-corrected chi connectivity index (χ2v) is 3.44. The first-order chi connectivity index (χ1) is 5.72. The maximum absolute atomic E-state index is 5.47. The zero-order valence-electron chi connectivity index (χ0n) is 7.84. The molecule has 0 saturated heterocycles. The molecule has 0 fully saturated rings. The highest BCUT2D eigenvalue weighted by Gasteiger charge is 2.00. The van der Waals surface area contributed by atoms with Crippen LogP contribution in [0.15, 0.2) is 23.1 Å². The summed E-state index contributed by atoms with van der Waals surface area (Å²) in [6.07, 6.45) is 3.95. The molecule has 66 valence electrons. The van der Waals surface area contributed by atoms with Crippen molar-refractivity contribution in [3.05, 3.63) is 30.2 Å². The molecule has 0 aliphatic heterocycles. The molecular formula is C11H16O. The SMILES string of the molecule is C=Cc1ccc(CCC(C)C)o1. The first-order valence-electron chi connectivity index (χ1n) is 4.43. The van der Waals surface area contributed by atoms with E-state index in [0.29, 0.717) is 0 Å². The molecule has 1 rings (SSSR count). The lowest BCUT2D eigenvalue weighted by Crippen LogP contribution is -1.89. The van der Waals surface area contributed by atoms with Gasteiger partial charge in [0.2, 0.25) is 0 Å². The molecule has 0 unspecified atom stereocenters. The van der Waals surface area contributed by atoms with Gasteiger partial charge in [-0.15, -0.1) is 0 Å². The largest absolute Gasteiger partial charge is 0.462 e. The van der Waals surface area contributed by atoms with E-state index in [2.05, 4.69) is 20.4 Å². The molecule has 0 aromatic carbocycles. The molecule has 0 aliphatic carbocycles. The summed E-state index contributed by atoms with van der Waals surface area (Å²) < 4.78 is 5.47. The minimum absolute atomic E-state index is 0.738. The van der Waals surface area contributed by atoms with E-state index in [1.807, 2.05) is 12.1 Å². The van der Waals surface area contributed by atoms with Gasteiger partial charge in [0.1, 0.15) is 11.5 Å². The Labute approximate surface area is 74.1 Å². The molecule has 0 amide bonds. The van der Waals surface area contributed by atoms with Crippen LogP contribution in [0.3, 0.4) is 0 Å². The predicted molar refractivity (Wildman–Crippen MR) is 52.0 cm³/mol. The highest BCUT2D eigenvalue weighted by atomic mass is 16.3. The van der Waals surface area contributed by atoms with Crippen molar-refractivity contribution in [2.75, 3.05) is 0 Å². The number of hydrogen-bond acceptors (Lipinski definition) is 1. The average Bonchev–Trinajstić information content (AvgIpc) is 2.48. The molecule has 1 heterocycles. The summed E-state index contributed by atoms with van der Waals surface area (Å²) in [5.74, 6) is 2.68. The van der Waals surface area contributed by atoms with E-state index in [1.165, 1.54) is 6.42 Å². The zero-order valence-corrected chi connectivity index (χ0v) is 7.84. The van der Waals surface area contributed by atoms with Crippen molar-refractivity contribution in [2.45, 2.75) is 26.7 Å². The first kappa shape index (κ1) is 9.11. The van der Waals surface area contributed by atoms with Crippen LogP contribution < -0.4 is 0 Å². The van der Waals surface area contributed by atoms with Gasteiger partial charge in [0.25, 0.3) is 0 Å². The minimum atomic E-state index is 0.738. The van der Waals surface area contributed by atoms with E-state index in [9.17, 15) is 0 Å². The fourth-order valence-electron chi connectivity index (χ4n) is 1.07. The average molecular weight is 164 g/mol. The number of furan rings is 1. The fourth-order valence-corrected chi connectivity index (χ4v) is 1.07. The highest BCUT2D eigenvalue weighted by molar-refractivity contribution is 5.39. The van der Waals surface area contributed by atoms with E-state index in [1.54, 1.807) is 6.08 Å². The summed E-state index contributed by atoms with van der Waals surface area (Å²) in [5.41, 5.74) is 0. The van der Waals surface area contributed by atoms with Crippen LogP contribution in [-0.2, 0) is 6.42 Å². The standard InChI is InChI=1S/C11H16O/c1-4-10-7-8-11(12-10)6-5-9(2)3/h4,7-9H,1,5-6H2,2-3H3. The van der Waals surface area contributed by atoms with Crippen LogP contribution in [0.4, 0.5) is 0 Å². The van der Waals surface area contributed by atoms with Crippen LogP contribution in [0.1, 0.15) is 31.8 Å². The molecule has 0 aliphatic rings. The lowest BCUT2D eigenvalue weighted by molar-refractivity contribution is 0.470. The third-order valence-corrected chi connectivity index (χ3v) is 1.85. The summed E-state index contributed by atoms with van der Waals surface area (Å²) in [6.45, 7) is 8.08. The first-order valence-corrected chi connectivity index (χ1v) is 4.43. The molecule has 1 aromatic rings. The van der Waals surface area contributed by atoms with Crippen LogP contribution in [0.2, 0.25) is 0 Å². The minimum Gasteiger partial charge on any atom is -0.462 e. The smallest absolute Gasteiger partial charge is 0.126 e. The third-order valence-electron chi connectivity index (χ3n) is 1.85. The van der Waals surface area contributed by atoms with Crippen LogP contribution in [0, 0.1) is 5.92 Å². The molecule has 12 heavy (non-hydrogen) atoms. The molecule has 1 nitrogen and oxygen atoms in total. The van der Waals surface area contributed by atoms with Gasteiger partial charge >= 0.3 is 0 Å². The lowest BCUT2D eigenvalue weighted by atomic mass is 10.1. The Morgan fingerprint density at radius 2 is 2.25 bits per heavy atom. The molecule has 0 N–H and O–H groups in total. The van der Waals surface area contributed by atoms with Gasteiger partial charge in [-0.05, 0) is 30.5 Å². The summed E-state index contributed by atoms with van der Waals surface area (Å²) in [4.78, 5) is 0. The Kier molecular flexibility index (Phi) is 3.15. The van der Waals surface area contributed by atoms with Crippen LogP contribution in [0.25, 0.3) is 6.08 Å². The molecule has 1 aromatic heterocycles. The molecule has 0 saturated carbocycles. The van der Waals surface area contributed by atoms with E-state index in [4.69, 9.17) is 4.42 Å². The van der Waals surface area contributed by atoms with Crippen LogP contribution in [0.5, 0.6) is 0 Å². The molecular weight excluding hydrogens is 148 g/mol. The number of aryl methyl sites for hydroxylation is 1. The lowest BCUT2D eigenvalue weighted by Gasteiger charge is -2.00. The van der Waals surface area contributed by atoms with Crippen molar-refractivity contribution in [1.82, 2.24) is 0 Å². The predicted octanol–water partition coefficient (Wildman–Crippen LogP) is 3.51. The molecule has 0 radical (unpaired) electrons. The second-order valence-electron chi connectivity index (χ2n) is 3.44. The topological polar surface area (TPSA) is 13.1 Å². The Balaban J connectivity index is 2.47. The number of rotatable bonds is 4. The monoisotopic (exact) mass is 164 g/mol. The maximum Gasteiger partial charge on any atom is 0.126 e. The summed E-state index contributed by atoms with van der Waals surface area (Å²) in [6, 6.07) is 3.99. The molecule has 0 atom stereocenters. The van der Waals surface area contributed by atoms with Crippen molar-refractivity contribution in [2.24, 2.45) is 5.92 Å². The highest BCUT2D eigenvalue weighted by Crippen LogP contribution is 2.13. The van der Waals surface area contributed by atoms with Crippen molar-refractivity contribution in [3.8, 4) is 0 Å². The van der Waals surface area contributed by atoms with Crippen LogP contribution in [-0.4, -0.2) is 0 Å². The Bertz CT molecular complexity index is 245.